The number of methoxy groups -OCH3 is 1. The summed E-state index contributed by atoms with van der Waals surface area (Å²) in [6.07, 6.45) is -1.76. The van der Waals surface area contributed by atoms with Gasteiger partial charge in [-0.25, -0.2) is 0 Å². The molecule has 2 heterocycles. The number of aliphatic hydroxyl groups is 4. The zero-order chi connectivity index (χ0) is 20.7. The largest absolute Gasteiger partial charge is 0.394 e. The number of aliphatic hydroxyl groups excluding tert-OH is 4. The molecule has 2 aliphatic rings. The predicted octanol–water partition coefficient (Wildman–Crippen LogP) is -2.06. The third-order valence-corrected chi connectivity index (χ3v) is 5.32. The Morgan fingerprint density at radius 3 is 2.64 bits per heavy atom. The summed E-state index contributed by atoms with van der Waals surface area (Å²) in [6, 6.07) is -0.972. The summed E-state index contributed by atoms with van der Waals surface area (Å²) in [6.45, 7) is 0.658. The average Bonchev–Trinajstić information content (AvgIpc) is 3.04. The minimum atomic E-state index is -1.25. The van der Waals surface area contributed by atoms with Crippen LogP contribution >= 0.6 is 0 Å². The number of carbonyl (C=O) groups is 1. The van der Waals surface area contributed by atoms with Crippen LogP contribution in [0.2, 0.25) is 0 Å². The van der Waals surface area contributed by atoms with Crippen molar-refractivity contribution in [3.05, 3.63) is 0 Å². The molecule has 0 aromatic rings. The highest BCUT2D eigenvalue weighted by molar-refractivity contribution is 5.76. The molecule has 164 valence electrons. The molecule has 6 N–H and O–H groups in total. The van der Waals surface area contributed by atoms with E-state index in [1.54, 1.807) is 12.0 Å². The Bertz CT molecular complexity index is 481. The fourth-order valence-electron chi connectivity index (χ4n) is 3.70. The number of nitrogens with zero attached hydrogens (tertiary/aromatic N) is 1. The summed E-state index contributed by atoms with van der Waals surface area (Å²) in [7, 11) is 1.58. The molecule has 0 aromatic heterocycles. The molecule has 10 nitrogen and oxygen atoms in total. The molecule has 2 rings (SSSR count). The number of rotatable bonds is 10. The quantitative estimate of drug-likeness (QED) is 0.258. The number of likely N-dealkylation sites (tertiary alicyclic amines) is 1. The van der Waals surface area contributed by atoms with Gasteiger partial charge in [0.1, 0.15) is 18.3 Å². The first-order chi connectivity index (χ1) is 13.4. The van der Waals surface area contributed by atoms with Crippen LogP contribution in [0.3, 0.4) is 0 Å². The highest BCUT2D eigenvalue weighted by atomic mass is 16.7. The second kappa shape index (κ2) is 11.4. The molecule has 7 atom stereocenters. The Morgan fingerprint density at radius 2 is 1.96 bits per heavy atom. The fraction of sp³-hybridized carbons (Fsp3) is 0.944. The number of hydrogen-bond donors (Lipinski definition) is 5. The average molecular weight is 406 g/mol. The summed E-state index contributed by atoms with van der Waals surface area (Å²) in [5, 5.41) is 38.6. The van der Waals surface area contributed by atoms with E-state index >= 15 is 0 Å². The first-order valence-corrected chi connectivity index (χ1v) is 9.85. The maximum absolute atomic E-state index is 12.4. The minimum absolute atomic E-state index is 0.0139. The third-order valence-electron chi connectivity index (χ3n) is 5.32. The minimum Gasteiger partial charge on any atom is -0.394 e. The van der Waals surface area contributed by atoms with Crippen molar-refractivity contribution in [1.82, 2.24) is 4.90 Å². The predicted molar refractivity (Wildman–Crippen MR) is 98.2 cm³/mol. The second-order valence-corrected chi connectivity index (χ2v) is 7.51. The van der Waals surface area contributed by atoms with Crippen molar-refractivity contribution in [2.75, 3.05) is 33.5 Å². The van der Waals surface area contributed by atoms with Crippen LogP contribution in [0.4, 0.5) is 0 Å². The molecule has 28 heavy (non-hydrogen) atoms. The van der Waals surface area contributed by atoms with Gasteiger partial charge >= 0.3 is 0 Å². The molecule has 0 radical (unpaired) electrons. The number of ether oxygens (including phenoxy) is 3. The smallest absolute Gasteiger partial charge is 0.222 e. The molecule has 2 aliphatic heterocycles. The van der Waals surface area contributed by atoms with Gasteiger partial charge in [-0.15, -0.1) is 0 Å². The summed E-state index contributed by atoms with van der Waals surface area (Å²) in [4.78, 5) is 14.0. The first kappa shape index (κ1) is 23.4. The van der Waals surface area contributed by atoms with E-state index < -0.39 is 43.4 Å². The first-order valence-electron chi connectivity index (χ1n) is 9.85. The Balaban J connectivity index is 1.63. The maximum atomic E-state index is 12.4. The van der Waals surface area contributed by atoms with Crippen LogP contribution < -0.4 is 5.73 Å². The van der Waals surface area contributed by atoms with E-state index in [9.17, 15) is 25.2 Å². The molecule has 0 spiro atoms. The molecule has 2 saturated heterocycles. The van der Waals surface area contributed by atoms with Gasteiger partial charge in [0.05, 0.1) is 31.4 Å². The Hall–Kier alpha value is -0.850. The van der Waals surface area contributed by atoms with Crippen LogP contribution in [-0.4, -0.2) is 107 Å². The van der Waals surface area contributed by atoms with Crippen LogP contribution in [-0.2, 0) is 19.0 Å². The van der Waals surface area contributed by atoms with E-state index in [4.69, 9.17) is 19.9 Å². The van der Waals surface area contributed by atoms with E-state index in [2.05, 4.69) is 0 Å². The highest BCUT2D eigenvalue weighted by Crippen LogP contribution is 2.22. The van der Waals surface area contributed by atoms with Crippen molar-refractivity contribution >= 4 is 5.91 Å². The number of nitrogens with two attached hydrogens (primary N) is 1. The van der Waals surface area contributed by atoms with Crippen molar-refractivity contribution in [2.45, 2.75) is 74.9 Å². The van der Waals surface area contributed by atoms with E-state index in [1.165, 1.54) is 0 Å². The van der Waals surface area contributed by atoms with Gasteiger partial charge < -0.3 is 45.3 Å². The number of β-amino-alcohol motifs (C(OH)–C–C–N with tert-alkyl or cyclic N) is 1. The molecule has 10 heteroatoms. The monoisotopic (exact) mass is 406 g/mol. The summed E-state index contributed by atoms with van der Waals surface area (Å²) < 4.78 is 16.0. The summed E-state index contributed by atoms with van der Waals surface area (Å²) >= 11 is 0. The van der Waals surface area contributed by atoms with E-state index in [-0.39, 0.29) is 11.9 Å². The van der Waals surface area contributed by atoms with Gasteiger partial charge in [-0.2, -0.15) is 0 Å². The van der Waals surface area contributed by atoms with Crippen LogP contribution in [0.15, 0.2) is 0 Å². The van der Waals surface area contributed by atoms with Crippen molar-refractivity contribution in [3.8, 4) is 0 Å². The highest BCUT2D eigenvalue weighted by Gasteiger charge is 2.42. The van der Waals surface area contributed by atoms with Crippen molar-refractivity contribution in [1.29, 1.82) is 0 Å². The second-order valence-electron chi connectivity index (χ2n) is 7.51. The van der Waals surface area contributed by atoms with E-state index in [1.807, 2.05) is 0 Å². The van der Waals surface area contributed by atoms with Gasteiger partial charge in [0, 0.05) is 26.7 Å². The number of carbonyl (C=O) groups excluding carboxylic acids is 1. The lowest BCUT2D eigenvalue weighted by atomic mass is 9.98. The van der Waals surface area contributed by atoms with Gasteiger partial charge in [0.25, 0.3) is 0 Å². The molecular weight excluding hydrogens is 372 g/mol. The van der Waals surface area contributed by atoms with E-state index in [0.717, 1.165) is 6.42 Å². The zero-order valence-corrected chi connectivity index (χ0v) is 16.4. The topological polar surface area (TPSA) is 155 Å². The number of amides is 1. The Kier molecular flexibility index (Phi) is 9.51. The van der Waals surface area contributed by atoms with Crippen LogP contribution in [0.5, 0.6) is 0 Å². The molecule has 0 bridgehead atoms. The molecule has 0 aromatic carbocycles. The summed E-state index contributed by atoms with van der Waals surface area (Å²) in [5.41, 5.74) is 5.81. The Labute approximate surface area is 165 Å². The van der Waals surface area contributed by atoms with Crippen LogP contribution in [0.25, 0.3) is 0 Å². The van der Waals surface area contributed by atoms with Gasteiger partial charge in [-0.1, -0.05) is 6.42 Å². The van der Waals surface area contributed by atoms with Gasteiger partial charge in [-0.05, 0) is 19.3 Å². The maximum Gasteiger partial charge on any atom is 0.222 e. The Morgan fingerprint density at radius 1 is 1.21 bits per heavy atom. The lowest BCUT2D eigenvalue weighted by Gasteiger charge is -2.40. The van der Waals surface area contributed by atoms with Crippen LogP contribution in [0.1, 0.15) is 32.1 Å². The fourth-order valence-corrected chi connectivity index (χ4v) is 3.70. The molecule has 2 unspecified atom stereocenters. The molecule has 0 saturated carbocycles. The molecule has 0 aliphatic carbocycles. The van der Waals surface area contributed by atoms with Gasteiger partial charge in [0.2, 0.25) is 5.91 Å². The SMILES string of the molecule is COC[C@@H]1C[C@@H](O)CN1C(=O)CCCCCO[C@@H]1OC(CO)C(O)[C@@H](O)[C@@H]1N. The molecular formula is C18H34N2O8. The molecule has 2 fully saturated rings. The van der Waals surface area contributed by atoms with Crippen molar-refractivity contribution in [2.24, 2.45) is 5.73 Å². The molecule has 1 amide bonds. The zero-order valence-electron chi connectivity index (χ0n) is 16.4. The summed E-state index contributed by atoms with van der Waals surface area (Å²) in [5.74, 6) is 0.0139. The van der Waals surface area contributed by atoms with Crippen molar-refractivity contribution < 1.29 is 39.4 Å². The van der Waals surface area contributed by atoms with Crippen LogP contribution in [0, 0.1) is 0 Å². The lowest BCUT2D eigenvalue weighted by Crippen LogP contribution is -2.62. The lowest BCUT2D eigenvalue weighted by molar-refractivity contribution is -0.265. The number of hydrogen-bond acceptors (Lipinski definition) is 9. The van der Waals surface area contributed by atoms with Gasteiger partial charge in [0.15, 0.2) is 6.29 Å². The van der Waals surface area contributed by atoms with E-state index in [0.29, 0.717) is 45.4 Å². The van der Waals surface area contributed by atoms with Crippen molar-refractivity contribution in [3.63, 3.8) is 0 Å². The third kappa shape index (κ3) is 6.07. The standard InChI is InChI=1S/C18H34N2O8/c1-26-10-11-7-12(22)8-20(11)14(23)5-3-2-4-6-27-18-15(19)17(25)16(24)13(9-21)28-18/h11-13,15-18,21-22,24-25H,2-10,19H2,1H3/t11-,12+,13?,15-,16?,17-,18+/m0/s1. The van der Waals surface area contributed by atoms with Gasteiger partial charge in [-0.3, -0.25) is 4.79 Å². The normalized spacial score (nSPS) is 36.1. The number of unbranched alkanes of at least 4 members (excludes halogenated alkanes) is 2.